The molecular formula is C21H30N4O. The molecule has 1 N–H and O–H groups in total. The van der Waals surface area contributed by atoms with Crippen molar-refractivity contribution in [1.82, 2.24) is 14.5 Å². The summed E-state index contributed by atoms with van der Waals surface area (Å²) in [4.78, 5) is 9.10. The molecule has 2 aliphatic rings. The van der Waals surface area contributed by atoms with Crippen molar-refractivity contribution in [3.05, 3.63) is 47.5 Å². The normalized spacial score (nSPS) is 20.2. The van der Waals surface area contributed by atoms with Crippen LogP contribution in [0.4, 0.5) is 5.69 Å². The fourth-order valence-electron chi connectivity index (χ4n) is 4.37. The van der Waals surface area contributed by atoms with E-state index in [9.17, 15) is 5.11 Å². The lowest BCUT2D eigenvalue weighted by atomic mass is 9.90. The van der Waals surface area contributed by atoms with Gasteiger partial charge in [-0.05, 0) is 49.8 Å². The lowest BCUT2D eigenvalue weighted by molar-refractivity contribution is -0.0361. The van der Waals surface area contributed by atoms with Crippen LogP contribution in [-0.2, 0) is 19.5 Å². The summed E-state index contributed by atoms with van der Waals surface area (Å²) in [6.07, 6.45) is 7.84. The summed E-state index contributed by atoms with van der Waals surface area (Å²) in [6.45, 7) is 6.68. The van der Waals surface area contributed by atoms with Gasteiger partial charge in [0.25, 0.3) is 0 Å². The molecule has 1 saturated heterocycles. The van der Waals surface area contributed by atoms with Gasteiger partial charge < -0.3 is 14.6 Å². The Labute approximate surface area is 156 Å². The molecule has 0 unspecified atom stereocenters. The number of benzene rings is 1. The molecule has 0 bridgehead atoms. The number of hydrogen-bond acceptors (Lipinski definition) is 4. The van der Waals surface area contributed by atoms with E-state index in [2.05, 4.69) is 44.6 Å². The fourth-order valence-corrected chi connectivity index (χ4v) is 4.37. The minimum atomic E-state index is -0.611. The van der Waals surface area contributed by atoms with E-state index in [1.807, 2.05) is 13.1 Å². The Bertz CT molecular complexity index is 761. The topological polar surface area (TPSA) is 44.5 Å². The molecule has 0 spiro atoms. The molecule has 3 heterocycles. The van der Waals surface area contributed by atoms with E-state index in [0.717, 1.165) is 44.8 Å². The van der Waals surface area contributed by atoms with Crippen LogP contribution in [0.3, 0.4) is 0 Å². The van der Waals surface area contributed by atoms with E-state index in [1.165, 1.54) is 29.7 Å². The molecule has 5 nitrogen and oxygen atoms in total. The van der Waals surface area contributed by atoms with Crippen molar-refractivity contribution in [1.29, 1.82) is 0 Å². The van der Waals surface area contributed by atoms with Gasteiger partial charge in [-0.25, -0.2) is 4.98 Å². The maximum Gasteiger partial charge on any atom is 0.105 e. The Hall–Kier alpha value is -1.85. The molecule has 1 fully saturated rings. The Morgan fingerprint density at radius 2 is 2.00 bits per heavy atom. The summed E-state index contributed by atoms with van der Waals surface area (Å²) in [5.41, 5.74) is 3.67. The maximum atomic E-state index is 11.0. The Morgan fingerprint density at radius 3 is 2.73 bits per heavy atom. The number of fused-ring (bicyclic) bond motifs is 1. The molecule has 5 heteroatoms. The van der Waals surface area contributed by atoms with Gasteiger partial charge in [-0.1, -0.05) is 12.1 Å². The molecule has 1 aromatic heterocycles. The summed E-state index contributed by atoms with van der Waals surface area (Å²) in [5.74, 6) is 0.972. The van der Waals surface area contributed by atoms with Gasteiger partial charge in [0.05, 0.1) is 12.1 Å². The zero-order valence-electron chi connectivity index (χ0n) is 16.0. The number of nitrogens with zero attached hydrogens (tertiary/aromatic N) is 4. The van der Waals surface area contributed by atoms with E-state index in [-0.39, 0.29) is 0 Å². The zero-order chi connectivity index (χ0) is 18.1. The lowest BCUT2D eigenvalue weighted by Crippen LogP contribution is -2.46. The second kappa shape index (κ2) is 7.05. The number of rotatable bonds is 4. The smallest absolute Gasteiger partial charge is 0.105 e. The summed E-state index contributed by atoms with van der Waals surface area (Å²) in [6, 6.07) is 6.95. The van der Waals surface area contributed by atoms with Crippen LogP contribution in [0.25, 0.3) is 0 Å². The summed E-state index contributed by atoms with van der Waals surface area (Å²) >= 11 is 0. The molecule has 0 radical (unpaired) electrons. The minimum absolute atomic E-state index is 0.611. The Balaban J connectivity index is 1.36. The third kappa shape index (κ3) is 3.64. The van der Waals surface area contributed by atoms with Crippen molar-refractivity contribution in [2.75, 3.05) is 31.6 Å². The summed E-state index contributed by atoms with van der Waals surface area (Å²) in [7, 11) is 2.19. The van der Waals surface area contributed by atoms with Crippen molar-refractivity contribution >= 4 is 5.69 Å². The molecule has 140 valence electrons. The predicted octanol–water partition coefficient (Wildman–Crippen LogP) is 2.60. The van der Waals surface area contributed by atoms with Crippen LogP contribution < -0.4 is 4.90 Å². The second-order valence-corrected chi connectivity index (χ2v) is 8.09. The van der Waals surface area contributed by atoms with Gasteiger partial charge in [0.2, 0.25) is 0 Å². The average molecular weight is 354 g/mol. The van der Waals surface area contributed by atoms with E-state index < -0.39 is 5.60 Å². The molecule has 2 aromatic rings. The van der Waals surface area contributed by atoms with Gasteiger partial charge in [0.15, 0.2) is 0 Å². The average Bonchev–Trinajstić information content (AvgIpc) is 3.02. The van der Waals surface area contributed by atoms with Gasteiger partial charge in [-0.15, -0.1) is 0 Å². The van der Waals surface area contributed by atoms with Crippen molar-refractivity contribution < 1.29 is 5.11 Å². The monoisotopic (exact) mass is 354 g/mol. The van der Waals surface area contributed by atoms with Crippen molar-refractivity contribution in [2.24, 2.45) is 0 Å². The SMILES string of the molecule is Cc1nccn1CC1(O)CCN(Cc2ccc3c(c2)CCCN3C)CC1. The number of hydrogen-bond donors (Lipinski definition) is 1. The van der Waals surface area contributed by atoms with Crippen LogP contribution in [0, 0.1) is 6.92 Å². The Morgan fingerprint density at radius 1 is 1.19 bits per heavy atom. The first kappa shape index (κ1) is 17.6. The number of aryl methyl sites for hydroxylation is 2. The first-order valence-electron chi connectivity index (χ1n) is 9.78. The first-order valence-corrected chi connectivity index (χ1v) is 9.78. The lowest BCUT2D eigenvalue weighted by Gasteiger charge is -2.38. The predicted molar refractivity (Wildman–Crippen MR) is 104 cm³/mol. The van der Waals surface area contributed by atoms with E-state index >= 15 is 0 Å². The first-order chi connectivity index (χ1) is 12.5. The van der Waals surface area contributed by atoms with Gasteiger partial charge in [0, 0.05) is 51.3 Å². The standard InChI is InChI=1S/C21H30N4O/c1-17-22-9-13-25(17)16-21(26)7-11-24(12-8-21)15-18-5-6-20-19(14-18)4-3-10-23(20)2/h5-6,9,13-14,26H,3-4,7-8,10-12,15-16H2,1-2H3. The maximum absolute atomic E-state index is 11.0. The number of likely N-dealkylation sites (tertiary alicyclic amines) is 1. The minimum Gasteiger partial charge on any atom is -0.388 e. The van der Waals surface area contributed by atoms with Crippen LogP contribution in [0.15, 0.2) is 30.6 Å². The molecule has 26 heavy (non-hydrogen) atoms. The van der Waals surface area contributed by atoms with Gasteiger partial charge in [0.1, 0.15) is 5.82 Å². The molecule has 2 aliphatic heterocycles. The van der Waals surface area contributed by atoms with Crippen LogP contribution in [0.5, 0.6) is 0 Å². The fraction of sp³-hybridized carbons (Fsp3) is 0.571. The van der Waals surface area contributed by atoms with Crippen LogP contribution in [0.1, 0.15) is 36.2 Å². The molecule has 0 aliphatic carbocycles. The van der Waals surface area contributed by atoms with E-state index in [1.54, 1.807) is 6.20 Å². The van der Waals surface area contributed by atoms with E-state index in [4.69, 9.17) is 0 Å². The number of aliphatic hydroxyl groups is 1. The largest absolute Gasteiger partial charge is 0.388 e. The second-order valence-electron chi connectivity index (χ2n) is 8.09. The molecule has 0 saturated carbocycles. The molecule has 0 atom stereocenters. The number of aromatic nitrogens is 2. The van der Waals surface area contributed by atoms with Gasteiger partial charge in [-0.2, -0.15) is 0 Å². The molecular weight excluding hydrogens is 324 g/mol. The van der Waals surface area contributed by atoms with Crippen LogP contribution >= 0.6 is 0 Å². The molecule has 4 rings (SSSR count). The Kier molecular flexibility index (Phi) is 4.76. The third-order valence-corrected chi connectivity index (χ3v) is 6.08. The number of piperidine rings is 1. The highest BCUT2D eigenvalue weighted by molar-refractivity contribution is 5.56. The molecule has 1 aromatic carbocycles. The van der Waals surface area contributed by atoms with Crippen molar-refractivity contribution in [3.63, 3.8) is 0 Å². The highest BCUT2D eigenvalue weighted by Crippen LogP contribution is 2.29. The van der Waals surface area contributed by atoms with Crippen LogP contribution in [-0.4, -0.2) is 51.8 Å². The van der Waals surface area contributed by atoms with E-state index in [0.29, 0.717) is 6.54 Å². The summed E-state index contributed by atoms with van der Waals surface area (Å²) < 4.78 is 2.07. The van der Waals surface area contributed by atoms with Gasteiger partial charge >= 0.3 is 0 Å². The van der Waals surface area contributed by atoms with Crippen LogP contribution in [0.2, 0.25) is 0 Å². The number of imidazole rings is 1. The quantitative estimate of drug-likeness (QED) is 0.917. The third-order valence-electron chi connectivity index (χ3n) is 6.08. The number of anilines is 1. The highest BCUT2D eigenvalue weighted by Gasteiger charge is 2.33. The van der Waals surface area contributed by atoms with Gasteiger partial charge in [-0.3, -0.25) is 4.90 Å². The summed E-state index contributed by atoms with van der Waals surface area (Å²) in [5, 5.41) is 11.0. The molecule has 0 amide bonds. The highest BCUT2D eigenvalue weighted by atomic mass is 16.3. The zero-order valence-corrected chi connectivity index (χ0v) is 16.0. The van der Waals surface area contributed by atoms with Crippen molar-refractivity contribution in [3.8, 4) is 0 Å². The van der Waals surface area contributed by atoms with Crippen molar-refractivity contribution in [2.45, 2.75) is 51.3 Å².